The van der Waals surface area contributed by atoms with Crippen molar-refractivity contribution >= 4 is 29.4 Å². The minimum absolute atomic E-state index is 0.0812. The Bertz CT molecular complexity index is 480. The van der Waals surface area contributed by atoms with Crippen LogP contribution in [0.15, 0.2) is 17.2 Å². The summed E-state index contributed by atoms with van der Waals surface area (Å²) >= 11 is 1.34. The monoisotopic (exact) mass is 310 g/mol. The second-order valence-corrected chi connectivity index (χ2v) is 6.21. The fraction of sp³-hybridized carbons (Fsp3) is 0.571. The first-order chi connectivity index (χ1) is 9.81. The maximum Gasteiger partial charge on any atom is 0.233 e. The highest BCUT2D eigenvalue weighted by Crippen LogP contribution is 2.17. The number of rotatable bonds is 6. The van der Waals surface area contributed by atoms with Gasteiger partial charge in [-0.05, 0) is 39.8 Å². The maximum absolute atomic E-state index is 12.2. The van der Waals surface area contributed by atoms with E-state index in [4.69, 9.17) is 0 Å². The van der Waals surface area contributed by atoms with Crippen molar-refractivity contribution in [1.29, 1.82) is 0 Å². The van der Waals surface area contributed by atoms with Gasteiger partial charge in [-0.15, -0.1) is 10.2 Å². The van der Waals surface area contributed by atoms with Crippen molar-refractivity contribution in [2.24, 2.45) is 0 Å². The molecule has 2 amide bonds. The van der Waals surface area contributed by atoms with Crippen molar-refractivity contribution in [3.63, 3.8) is 0 Å². The Morgan fingerprint density at radius 1 is 1.19 bits per heavy atom. The first-order valence-corrected chi connectivity index (χ1v) is 7.85. The van der Waals surface area contributed by atoms with Gasteiger partial charge in [-0.1, -0.05) is 11.8 Å². The smallest absolute Gasteiger partial charge is 0.233 e. The van der Waals surface area contributed by atoms with E-state index in [2.05, 4.69) is 15.5 Å². The number of carbonyl (C=O) groups is 2. The lowest BCUT2D eigenvalue weighted by molar-refractivity contribution is -0.131. The van der Waals surface area contributed by atoms with E-state index in [9.17, 15) is 9.59 Å². The summed E-state index contributed by atoms with van der Waals surface area (Å²) in [6, 6.07) is 3.76. The van der Waals surface area contributed by atoms with Crippen LogP contribution in [0.2, 0.25) is 0 Å². The SMILES string of the molecule is CC(=O)Nc1ccc(SCC(=O)N(C(C)C)C(C)C)nn1. The number of carbonyl (C=O) groups excluding carboxylic acids is 2. The molecule has 0 aromatic carbocycles. The van der Waals surface area contributed by atoms with E-state index in [1.165, 1.54) is 18.7 Å². The average Bonchev–Trinajstić information content (AvgIpc) is 2.36. The van der Waals surface area contributed by atoms with Gasteiger partial charge in [0.15, 0.2) is 5.82 Å². The van der Waals surface area contributed by atoms with Crippen LogP contribution in [0.3, 0.4) is 0 Å². The van der Waals surface area contributed by atoms with Gasteiger partial charge in [0.05, 0.1) is 5.75 Å². The van der Waals surface area contributed by atoms with Gasteiger partial charge < -0.3 is 10.2 Å². The van der Waals surface area contributed by atoms with Gasteiger partial charge in [0.2, 0.25) is 11.8 Å². The normalized spacial score (nSPS) is 10.8. The summed E-state index contributed by atoms with van der Waals surface area (Å²) in [5.41, 5.74) is 0. The van der Waals surface area contributed by atoms with Crippen molar-refractivity contribution in [2.75, 3.05) is 11.1 Å². The molecule has 0 atom stereocenters. The third-order valence-electron chi connectivity index (χ3n) is 2.69. The number of aromatic nitrogens is 2. The predicted octanol–water partition coefficient (Wildman–Crippen LogP) is 2.17. The van der Waals surface area contributed by atoms with Crippen LogP contribution in [0.5, 0.6) is 0 Å². The van der Waals surface area contributed by atoms with Crippen LogP contribution in [-0.2, 0) is 9.59 Å². The van der Waals surface area contributed by atoms with Crippen LogP contribution in [0.25, 0.3) is 0 Å². The van der Waals surface area contributed by atoms with Crippen molar-refractivity contribution in [2.45, 2.75) is 51.7 Å². The third kappa shape index (κ3) is 5.71. The molecule has 0 aliphatic rings. The lowest BCUT2D eigenvalue weighted by atomic mass is 10.2. The Morgan fingerprint density at radius 3 is 2.24 bits per heavy atom. The zero-order valence-electron chi connectivity index (χ0n) is 13.1. The summed E-state index contributed by atoms with van der Waals surface area (Å²) in [5.74, 6) is 0.621. The zero-order chi connectivity index (χ0) is 16.0. The number of nitrogens with one attached hydrogen (secondary N) is 1. The molecular weight excluding hydrogens is 288 g/mol. The van der Waals surface area contributed by atoms with E-state index in [1.807, 2.05) is 32.6 Å². The molecule has 0 spiro atoms. The van der Waals surface area contributed by atoms with Crippen LogP contribution in [0.1, 0.15) is 34.6 Å². The van der Waals surface area contributed by atoms with E-state index in [0.29, 0.717) is 16.6 Å². The number of thioether (sulfide) groups is 1. The van der Waals surface area contributed by atoms with Gasteiger partial charge in [-0.2, -0.15) is 0 Å². The number of anilines is 1. The Kier molecular flexibility index (Phi) is 6.61. The molecule has 0 fully saturated rings. The molecule has 0 unspecified atom stereocenters. The molecule has 1 N–H and O–H groups in total. The molecule has 0 aliphatic heterocycles. The highest BCUT2D eigenvalue weighted by atomic mass is 32.2. The Morgan fingerprint density at radius 2 is 1.81 bits per heavy atom. The average molecular weight is 310 g/mol. The van der Waals surface area contributed by atoms with Crippen LogP contribution in [0, 0.1) is 0 Å². The summed E-state index contributed by atoms with van der Waals surface area (Å²) in [6.45, 7) is 9.43. The van der Waals surface area contributed by atoms with E-state index < -0.39 is 0 Å². The molecule has 0 aliphatic carbocycles. The molecule has 1 heterocycles. The van der Waals surface area contributed by atoms with Gasteiger partial charge in [-0.3, -0.25) is 9.59 Å². The molecule has 0 saturated carbocycles. The van der Waals surface area contributed by atoms with Gasteiger partial charge >= 0.3 is 0 Å². The second-order valence-electron chi connectivity index (χ2n) is 5.22. The van der Waals surface area contributed by atoms with Gasteiger partial charge in [0.25, 0.3) is 0 Å². The first kappa shape index (κ1) is 17.4. The number of amides is 2. The largest absolute Gasteiger partial charge is 0.337 e. The Labute approximate surface area is 129 Å². The van der Waals surface area contributed by atoms with E-state index in [1.54, 1.807) is 12.1 Å². The molecule has 7 heteroatoms. The van der Waals surface area contributed by atoms with Crippen LogP contribution < -0.4 is 5.32 Å². The van der Waals surface area contributed by atoms with Crippen LogP contribution in [0.4, 0.5) is 5.82 Å². The molecule has 0 radical (unpaired) electrons. The lowest BCUT2D eigenvalue weighted by Crippen LogP contribution is -2.43. The first-order valence-electron chi connectivity index (χ1n) is 6.86. The molecular formula is C14H22N4O2S. The topological polar surface area (TPSA) is 75.2 Å². The van der Waals surface area contributed by atoms with Crippen molar-refractivity contribution in [3.05, 3.63) is 12.1 Å². The lowest BCUT2D eigenvalue weighted by Gasteiger charge is -2.30. The van der Waals surface area contributed by atoms with Crippen molar-refractivity contribution in [1.82, 2.24) is 15.1 Å². The molecule has 6 nitrogen and oxygen atoms in total. The fourth-order valence-electron chi connectivity index (χ4n) is 2.03. The molecule has 1 aromatic rings. The van der Waals surface area contributed by atoms with Crippen molar-refractivity contribution in [3.8, 4) is 0 Å². The van der Waals surface area contributed by atoms with Gasteiger partial charge in [-0.25, -0.2) is 0 Å². The highest BCUT2D eigenvalue weighted by Gasteiger charge is 2.20. The summed E-state index contributed by atoms with van der Waals surface area (Å²) in [6.07, 6.45) is 0. The standard InChI is InChI=1S/C14H22N4O2S/c1-9(2)18(10(3)4)14(20)8-21-13-7-6-12(16-17-13)15-11(5)19/h6-7,9-10H,8H2,1-5H3,(H,15,16,19). The molecule has 0 saturated heterocycles. The maximum atomic E-state index is 12.2. The van der Waals surface area contributed by atoms with Crippen LogP contribution >= 0.6 is 11.8 Å². The minimum atomic E-state index is -0.190. The summed E-state index contributed by atoms with van der Waals surface area (Å²) in [4.78, 5) is 24.9. The minimum Gasteiger partial charge on any atom is -0.337 e. The second kappa shape index (κ2) is 7.97. The highest BCUT2D eigenvalue weighted by molar-refractivity contribution is 7.99. The fourth-order valence-corrected chi connectivity index (χ4v) is 2.71. The molecule has 1 rings (SSSR count). The zero-order valence-corrected chi connectivity index (χ0v) is 13.9. The molecule has 116 valence electrons. The van der Waals surface area contributed by atoms with Gasteiger partial charge in [0, 0.05) is 19.0 Å². The Balaban J connectivity index is 2.58. The molecule has 1 aromatic heterocycles. The van der Waals surface area contributed by atoms with Crippen LogP contribution in [-0.4, -0.2) is 44.7 Å². The number of nitrogens with zero attached hydrogens (tertiary/aromatic N) is 3. The summed E-state index contributed by atoms with van der Waals surface area (Å²) in [7, 11) is 0. The quantitative estimate of drug-likeness (QED) is 0.815. The van der Waals surface area contributed by atoms with E-state index in [0.717, 1.165) is 0 Å². The van der Waals surface area contributed by atoms with Crippen molar-refractivity contribution < 1.29 is 9.59 Å². The molecule has 21 heavy (non-hydrogen) atoms. The Hall–Kier alpha value is -1.63. The number of hydrogen-bond donors (Lipinski definition) is 1. The van der Waals surface area contributed by atoms with E-state index >= 15 is 0 Å². The third-order valence-corrected chi connectivity index (χ3v) is 3.59. The summed E-state index contributed by atoms with van der Waals surface area (Å²) in [5, 5.41) is 11.1. The predicted molar refractivity (Wildman–Crippen MR) is 84.2 cm³/mol. The summed E-state index contributed by atoms with van der Waals surface area (Å²) < 4.78 is 0. The molecule has 0 bridgehead atoms. The number of hydrogen-bond acceptors (Lipinski definition) is 5. The van der Waals surface area contributed by atoms with E-state index in [-0.39, 0.29) is 23.9 Å². The van der Waals surface area contributed by atoms with Gasteiger partial charge in [0.1, 0.15) is 5.03 Å².